The van der Waals surface area contributed by atoms with Crippen molar-refractivity contribution in [1.82, 2.24) is 4.90 Å². The minimum atomic E-state index is -0.0237. The molecule has 120 valence electrons. The summed E-state index contributed by atoms with van der Waals surface area (Å²) in [6, 6.07) is 10.9. The molecule has 1 saturated carbocycles. The molecule has 0 unspecified atom stereocenters. The van der Waals surface area contributed by atoms with Crippen LogP contribution >= 0.6 is 12.4 Å². The first kappa shape index (κ1) is 18.5. The van der Waals surface area contributed by atoms with Gasteiger partial charge in [-0.3, -0.25) is 0 Å². The molecule has 0 spiro atoms. The number of hydrogen-bond donors (Lipinski definition) is 0. The summed E-state index contributed by atoms with van der Waals surface area (Å²) in [4.78, 5) is 2.23. The molecule has 0 atom stereocenters. The van der Waals surface area contributed by atoms with Gasteiger partial charge in [-0.25, -0.2) is 0 Å². The summed E-state index contributed by atoms with van der Waals surface area (Å²) < 4.78 is 6.46. The molecule has 0 N–H and O–H groups in total. The summed E-state index contributed by atoms with van der Waals surface area (Å²) in [5, 5.41) is 0. The monoisotopic (exact) mass is 311 g/mol. The molecular formula is C18H30ClNO. The normalized spacial score (nSPS) is 18.0. The fraction of sp³-hybridized carbons (Fsp3) is 0.667. The van der Waals surface area contributed by atoms with Gasteiger partial charge in [-0.15, -0.1) is 12.4 Å². The van der Waals surface area contributed by atoms with Crippen molar-refractivity contribution in [2.75, 3.05) is 27.2 Å². The molecule has 0 bridgehead atoms. The van der Waals surface area contributed by atoms with Crippen molar-refractivity contribution in [2.24, 2.45) is 0 Å². The lowest BCUT2D eigenvalue weighted by atomic mass is 9.86. The predicted molar refractivity (Wildman–Crippen MR) is 92.2 cm³/mol. The van der Waals surface area contributed by atoms with Crippen LogP contribution in [0.5, 0.6) is 0 Å². The summed E-state index contributed by atoms with van der Waals surface area (Å²) >= 11 is 0. The lowest BCUT2D eigenvalue weighted by Crippen LogP contribution is -2.30. The van der Waals surface area contributed by atoms with E-state index in [9.17, 15) is 0 Å². The quantitative estimate of drug-likeness (QED) is 0.561. The molecule has 0 amide bonds. The maximum atomic E-state index is 6.46. The highest BCUT2D eigenvalue weighted by Gasteiger charge is 2.33. The summed E-state index contributed by atoms with van der Waals surface area (Å²) in [6.07, 6.45) is 8.77. The average molecular weight is 312 g/mol. The minimum Gasteiger partial charge on any atom is -0.370 e. The number of ether oxygens (including phenoxy) is 1. The highest BCUT2D eigenvalue weighted by Crippen LogP contribution is 2.39. The van der Waals surface area contributed by atoms with E-state index in [-0.39, 0.29) is 18.0 Å². The Kier molecular flexibility index (Phi) is 8.31. The molecule has 2 nitrogen and oxygen atoms in total. The molecule has 1 aromatic carbocycles. The molecule has 21 heavy (non-hydrogen) atoms. The Labute approximate surface area is 136 Å². The fourth-order valence-corrected chi connectivity index (χ4v) is 3.21. The van der Waals surface area contributed by atoms with Crippen LogP contribution in [0.25, 0.3) is 0 Å². The van der Waals surface area contributed by atoms with Gasteiger partial charge >= 0.3 is 0 Å². The van der Waals surface area contributed by atoms with E-state index in [2.05, 4.69) is 49.3 Å². The van der Waals surface area contributed by atoms with Gasteiger partial charge in [-0.1, -0.05) is 56.0 Å². The maximum absolute atomic E-state index is 6.46. The predicted octanol–water partition coefficient (Wildman–Crippen LogP) is 4.63. The molecule has 2 rings (SSSR count). The van der Waals surface area contributed by atoms with Gasteiger partial charge in [-0.2, -0.15) is 0 Å². The van der Waals surface area contributed by atoms with E-state index in [0.717, 1.165) is 19.6 Å². The minimum absolute atomic E-state index is 0. The van der Waals surface area contributed by atoms with E-state index >= 15 is 0 Å². The number of halogens is 1. The zero-order valence-corrected chi connectivity index (χ0v) is 14.3. The lowest BCUT2D eigenvalue weighted by molar-refractivity contribution is -0.0640. The molecule has 3 heteroatoms. The SMILES string of the molecule is CN(C)CCCOC1(c2ccccc2)CCCCCC1.Cl. The Morgan fingerprint density at radius 1 is 1.00 bits per heavy atom. The van der Waals surface area contributed by atoms with Crippen LogP contribution < -0.4 is 0 Å². The smallest absolute Gasteiger partial charge is 0.0931 e. The van der Waals surface area contributed by atoms with Gasteiger partial charge in [-0.05, 0) is 45.5 Å². The molecule has 0 aliphatic heterocycles. The van der Waals surface area contributed by atoms with Crippen molar-refractivity contribution in [1.29, 1.82) is 0 Å². The van der Waals surface area contributed by atoms with Crippen molar-refractivity contribution in [3.63, 3.8) is 0 Å². The van der Waals surface area contributed by atoms with E-state index in [1.165, 1.54) is 44.1 Å². The summed E-state index contributed by atoms with van der Waals surface area (Å²) in [7, 11) is 4.25. The zero-order chi connectivity index (χ0) is 14.3. The van der Waals surface area contributed by atoms with E-state index in [1.807, 2.05) is 0 Å². The van der Waals surface area contributed by atoms with Crippen molar-refractivity contribution in [3.05, 3.63) is 35.9 Å². The lowest BCUT2D eigenvalue weighted by Gasteiger charge is -2.34. The van der Waals surface area contributed by atoms with Gasteiger partial charge < -0.3 is 9.64 Å². The fourth-order valence-electron chi connectivity index (χ4n) is 3.21. The molecule has 0 aromatic heterocycles. The molecule has 0 heterocycles. The van der Waals surface area contributed by atoms with Crippen LogP contribution in [0.2, 0.25) is 0 Å². The van der Waals surface area contributed by atoms with Crippen LogP contribution in [0.15, 0.2) is 30.3 Å². The van der Waals surface area contributed by atoms with E-state index < -0.39 is 0 Å². The van der Waals surface area contributed by atoms with Crippen molar-refractivity contribution in [3.8, 4) is 0 Å². The standard InChI is InChI=1S/C18H29NO.ClH/c1-19(2)15-10-16-20-18(13-8-3-4-9-14-18)17-11-6-5-7-12-17;/h5-7,11-12H,3-4,8-10,13-16H2,1-2H3;1H. The van der Waals surface area contributed by atoms with Crippen LogP contribution in [-0.2, 0) is 10.3 Å². The molecule has 1 aromatic rings. The number of benzene rings is 1. The second-order valence-electron chi connectivity index (χ2n) is 6.28. The topological polar surface area (TPSA) is 12.5 Å². The third-order valence-electron chi connectivity index (χ3n) is 4.34. The maximum Gasteiger partial charge on any atom is 0.0931 e. The molecule has 1 aliphatic carbocycles. The number of hydrogen-bond acceptors (Lipinski definition) is 2. The van der Waals surface area contributed by atoms with Gasteiger partial charge in [0.2, 0.25) is 0 Å². The van der Waals surface area contributed by atoms with Crippen molar-refractivity contribution >= 4 is 12.4 Å². The molecule has 0 saturated heterocycles. The van der Waals surface area contributed by atoms with Gasteiger partial charge in [0.1, 0.15) is 0 Å². The van der Waals surface area contributed by atoms with Crippen LogP contribution in [0.4, 0.5) is 0 Å². The largest absolute Gasteiger partial charge is 0.370 e. The molecule has 0 radical (unpaired) electrons. The van der Waals surface area contributed by atoms with E-state index in [1.54, 1.807) is 0 Å². The van der Waals surface area contributed by atoms with Crippen LogP contribution in [-0.4, -0.2) is 32.1 Å². The highest BCUT2D eigenvalue weighted by atomic mass is 35.5. The van der Waals surface area contributed by atoms with Gasteiger partial charge in [0, 0.05) is 6.61 Å². The Bertz CT molecular complexity index is 372. The van der Waals surface area contributed by atoms with E-state index in [0.29, 0.717) is 0 Å². The highest BCUT2D eigenvalue weighted by molar-refractivity contribution is 5.85. The summed E-state index contributed by atoms with van der Waals surface area (Å²) in [5.74, 6) is 0. The Morgan fingerprint density at radius 3 is 2.19 bits per heavy atom. The molecule has 1 aliphatic rings. The number of nitrogens with zero attached hydrogens (tertiary/aromatic N) is 1. The first-order valence-electron chi connectivity index (χ1n) is 8.07. The summed E-state index contributed by atoms with van der Waals surface area (Å²) in [6.45, 7) is 1.97. The number of rotatable bonds is 6. The van der Waals surface area contributed by atoms with Gasteiger partial charge in [0.15, 0.2) is 0 Å². The second-order valence-corrected chi connectivity index (χ2v) is 6.28. The zero-order valence-electron chi connectivity index (χ0n) is 13.5. The van der Waals surface area contributed by atoms with E-state index in [4.69, 9.17) is 4.74 Å². The van der Waals surface area contributed by atoms with Crippen molar-refractivity contribution in [2.45, 2.75) is 50.5 Å². The van der Waals surface area contributed by atoms with Crippen LogP contribution in [0, 0.1) is 0 Å². The molecule has 1 fully saturated rings. The van der Waals surface area contributed by atoms with Crippen LogP contribution in [0.3, 0.4) is 0 Å². The Morgan fingerprint density at radius 2 is 1.62 bits per heavy atom. The third-order valence-corrected chi connectivity index (χ3v) is 4.34. The van der Waals surface area contributed by atoms with Gasteiger partial charge in [0.05, 0.1) is 5.60 Å². The second kappa shape index (κ2) is 9.45. The third kappa shape index (κ3) is 5.61. The Balaban J connectivity index is 0.00000220. The molecular weight excluding hydrogens is 282 g/mol. The van der Waals surface area contributed by atoms with Crippen molar-refractivity contribution < 1.29 is 4.74 Å². The Hall–Kier alpha value is -0.570. The summed E-state index contributed by atoms with van der Waals surface area (Å²) in [5.41, 5.74) is 1.36. The van der Waals surface area contributed by atoms with Crippen LogP contribution in [0.1, 0.15) is 50.5 Å². The first-order chi connectivity index (χ1) is 9.73. The average Bonchev–Trinajstić information content (AvgIpc) is 2.71. The van der Waals surface area contributed by atoms with Gasteiger partial charge in [0.25, 0.3) is 0 Å². The first-order valence-corrected chi connectivity index (χ1v) is 8.07.